The van der Waals surface area contributed by atoms with Crippen molar-refractivity contribution in [2.75, 3.05) is 13.1 Å². The van der Waals surface area contributed by atoms with Gasteiger partial charge >= 0.3 is 0 Å². The fourth-order valence-corrected chi connectivity index (χ4v) is 4.10. The van der Waals surface area contributed by atoms with Gasteiger partial charge < -0.3 is 9.88 Å². The molecule has 1 saturated heterocycles. The molecule has 3 heterocycles. The molecule has 1 aliphatic heterocycles. The number of carbonyl (C=O) groups is 2. The molecule has 3 aromatic rings. The summed E-state index contributed by atoms with van der Waals surface area (Å²) in [7, 11) is 0. The van der Waals surface area contributed by atoms with Crippen LogP contribution in [0.15, 0.2) is 48.8 Å². The van der Waals surface area contributed by atoms with Crippen LogP contribution in [-0.4, -0.2) is 39.6 Å². The van der Waals surface area contributed by atoms with Crippen molar-refractivity contribution in [3.05, 3.63) is 65.5 Å². The van der Waals surface area contributed by atoms with Crippen LogP contribution in [0.4, 0.5) is 0 Å². The van der Waals surface area contributed by atoms with Crippen LogP contribution in [0.25, 0.3) is 11.0 Å². The Morgan fingerprint density at radius 2 is 1.76 bits per heavy atom. The quantitative estimate of drug-likeness (QED) is 0.532. The fourth-order valence-electron chi connectivity index (χ4n) is 4.10. The summed E-state index contributed by atoms with van der Waals surface area (Å²) in [6.45, 7) is 7.58. The summed E-state index contributed by atoms with van der Waals surface area (Å²) in [6, 6.07) is 11.5. The number of pyridine rings is 1. The summed E-state index contributed by atoms with van der Waals surface area (Å²) in [5, 5.41) is 1.15. The largest absolute Gasteiger partial charge is 0.346 e. The van der Waals surface area contributed by atoms with Gasteiger partial charge in [-0.15, -0.1) is 0 Å². The van der Waals surface area contributed by atoms with E-state index in [-0.39, 0.29) is 5.41 Å². The molecular weight excluding hydrogens is 362 g/mol. The summed E-state index contributed by atoms with van der Waals surface area (Å²) in [5.41, 5.74) is 3.79. The number of H-pyrrole nitrogens is 1. The smallest absolute Gasteiger partial charge is 0.294 e. The molecule has 1 aliphatic rings. The standard InChI is InChI=1S/C24H27N3O2/c1-24(2,3)18-8-6-17(7-9-18)21(28)23(29)27-13-10-16(11-14-27)20-15-26-22-19(20)5-4-12-25-22/h4-9,12,15-16H,10-11,13-14H2,1-3H3,(H,25,26). The second-order valence-electron chi connectivity index (χ2n) is 8.87. The number of piperidine rings is 1. The number of hydrogen-bond acceptors (Lipinski definition) is 3. The van der Waals surface area contributed by atoms with Crippen molar-refractivity contribution in [3.63, 3.8) is 0 Å². The Morgan fingerprint density at radius 3 is 2.41 bits per heavy atom. The number of fused-ring (bicyclic) bond motifs is 1. The zero-order chi connectivity index (χ0) is 20.6. The minimum atomic E-state index is -0.416. The van der Waals surface area contributed by atoms with Crippen LogP contribution in [0.5, 0.6) is 0 Å². The Hall–Kier alpha value is -2.95. The van der Waals surface area contributed by atoms with Gasteiger partial charge in [-0.05, 0) is 47.4 Å². The van der Waals surface area contributed by atoms with E-state index in [1.807, 2.05) is 24.4 Å². The summed E-state index contributed by atoms with van der Waals surface area (Å²) in [4.78, 5) is 34.7. The van der Waals surface area contributed by atoms with Crippen LogP contribution < -0.4 is 0 Å². The molecule has 5 nitrogen and oxygen atoms in total. The molecule has 4 rings (SSSR count). The maximum absolute atomic E-state index is 12.7. The molecule has 0 saturated carbocycles. The van der Waals surface area contributed by atoms with Crippen molar-refractivity contribution in [1.29, 1.82) is 0 Å². The van der Waals surface area contributed by atoms with Crippen molar-refractivity contribution >= 4 is 22.7 Å². The third-order valence-electron chi connectivity index (χ3n) is 5.91. The van der Waals surface area contributed by atoms with Gasteiger partial charge in [-0.2, -0.15) is 0 Å². The first-order chi connectivity index (χ1) is 13.8. The predicted molar refractivity (Wildman–Crippen MR) is 114 cm³/mol. The van der Waals surface area contributed by atoms with E-state index >= 15 is 0 Å². The number of hydrogen-bond donors (Lipinski definition) is 1. The van der Waals surface area contributed by atoms with Gasteiger partial charge in [0.1, 0.15) is 5.65 Å². The second-order valence-corrected chi connectivity index (χ2v) is 8.87. The van der Waals surface area contributed by atoms with Gasteiger partial charge in [0.05, 0.1) is 0 Å². The van der Waals surface area contributed by atoms with Gasteiger partial charge in [0, 0.05) is 36.4 Å². The van der Waals surface area contributed by atoms with Crippen molar-refractivity contribution in [2.24, 2.45) is 0 Å². The van der Waals surface area contributed by atoms with Gasteiger partial charge in [-0.1, -0.05) is 45.0 Å². The van der Waals surface area contributed by atoms with Gasteiger partial charge in [0.15, 0.2) is 0 Å². The number of nitrogens with one attached hydrogen (secondary N) is 1. The van der Waals surface area contributed by atoms with Crippen molar-refractivity contribution in [3.8, 4) is 0 Å². The maximum Gasteiger partial charge on any atom is 0.294 e. The molecule has 5 heteroatoms. The van der Waals surface area contributed by atoms with Gasteiger partial charge in [0.25, 0.3) is 5.91 Å². The van der Waals surface area contributed by atoms with E-state index in [1.54, 1.807) is 23.2 Å². The lowest BCUT2D eigenvalue weighted by Crippen LogP contribution is -2.41. The normalized spacial score (nSPS) is 15.6. The molecule has 1 N–H and O–H groups in total. The topological polar surface area (TPSA) is 66.1 Å². The number of benzene rings is 1. The number of carbonyl (C=O) groups excluding carboxylic acids is 2. The first-order valence-corrected chi connectivity index (χ1v) is 10.2. The van der Waals surface area contributed by atoms with Crippen LogP contribution in [0, 0.1) is 0 Å². The Balaban J connectivity index is 1.41. The highest BCUT2D eigenvalue weighted by atomic mass is 16.2. The summed E-state index contributed by atoms with van der Waals surface area (Å²) in [5.74, 6) is -0.439. The highest BCUT2D eigenvalue weighted by Gasteiger charge is 2.29. The van der Waals surface area contributed by atoms with Crippen molar-refractivity contribution < 1.29 is 9.59 Å². The predicted octanol–water partition coefficient (Wildman–Crippen LogP) is 4.45. The van der Waals surface area contributed by atoms with Gasteiger partial charge in [-0.25, -0.2) is 4.98 Å². The summed E-state index contributed by atoms with van der Waals surface area (Å²) >= 11 is 0. The molecule has 1 aromatic carbocycles. The maximum atomic E-state index is 12.7. The Bertz CT molecular complexity index is 1040. The number of Topliss-reactive ketones (excluding diaryl/α,β-unsaturated/α-hetero) is 1. The molecule has 0 bridgehead atoms. The molecule has 0 radical (unpaired) electrons. The third-order valence-corrected chi connectivity index (χ3v) is 5.91. The Kier molecular flexibility index (Phi) is 4.99. The lowest BCUT2D eigenvalue weighted by Gasteiger charge is -2.31. The average Bonchev–Trinajstić information content (AvgIpc) is 3.16. The Labute approximate surface area is 171 Å². The molecule has 1 amide bonds. The molecule has 0 atom stereocenters. The van der Waals surface area contributed by atoms with E-state index in [2.05, 4.69) is 36.8 Å². The minimum Gasteiger partial charge on any atom is -0.346 e. The fraction of sp³-hybridized carbons (Fsp3) is 0.375. The molecular formula is C24H27N3O2. The van der Waals surface area contributed by atoms with E-state index < -0.39 is 11.7 Å². The lowest BCUT2D eigenvalue weighted by atomic mass is 9.86. The van der Waals surface area contributed by atoms with Crippen molar-refractivity contribution in [2.45, 2.75) is 44.9 Å². The SMILES string of the molecule is CC(C)(C)c1ccc(C(=O)C(=O)N2CCC(c3c[nH]c4ncccc34)CC2)cc1. The average molecular weight is 389 g/mol. The number of likely N-dealkylation sites (tertiary alicyclic amines) is 1. The van der Waals surface area contributed by atoms with Crippen LogP contribution >= 0.6 is 0 Å². The number of amides is 1. The van der Waals surface area contributed by atoms with Gasteiger partial charge in [-0.3, -0.25) is 9.59 Å². The Morgan fingerprint density at radius 1 is 1.07 bits per heavy atom. The third kappa shape index (κ3) is 3.82. The molecule has 29 heavy (non-hydrogen) atoms. The van der Waals surface area contributed by atoms with E-state index in [1.165, 1.54) is 5.56 Å². The number of aromatic amines is 1. The molecule has 0 unspecified atom stereocenters. The number of nitrogens with zero attached hydrogens (tertiary/aromatic N) is 2. The van der Waals surface area contributed by atoms with E-state index in [0.29, 0.717) is 24.6 Å². The lowest BCUT2D eigenvalue weighted by molar-refractivity contribution is -0.127. The minimum absolute atomic E-state index is 0.0192. The molecule has 0 aliphatic carbocycles. The van der Waals surface area contributed by atoms with E-state index in [0.717, 1.165) is 29.4 Å². The highest BCUT2D eigenvalue weighted by molar-refractivity contribution is 6.42. The van der Waals surface area contributed by atoms with Crippen molar-refractivity contribution in [1.82, 2.24) is 14.9 Å². The first-order valence-electron chi connectivity index (χ1n) is 10.2. The van der Waals surface area contributed by atoms with Gasteiger partial charge in [0.2, 0.25) is 5.78 Å². The first kappa shape index (κ1) is 19.4. The monoisotopic (exact) mass is 389 g/mol. The van der Waals surface area contributed by atoms with Crippen LogP contribution in [0.2, 0.25) is 0 Å². The van der Waals surface area contributed by atoms with E-state index in [9.17, 15) is 9.59 Å². The summed E-state index contributed by atoms with van der Waals surface area (Å²) in [6.07, 6.45) is 5.51. The van der Waals surface area contributed by atoms with E-state index in [4.69, 9.17) is 0 Å². The zero-order valence-corrected chi connectivity index (χ0v) is 17.2. The van der Waals surface area contributed by atoms with Crippen LogP contribution in [0.3, 0.4) is 0 Å². The number of aromatic nitrogens is 2. The molecule has 0 spiro atoms. The summed E-state index contributed by atoms with van der Waals surface area (Å²) < 4.78 is 0. The zero-order valence-electron chi connectivity index (χ0n) is 17.2. The number of ketones is 1. The molecule has 150 valence electrons. The molecule has 2 aromatic heterocycles. The van der Waals surface area contributed by atoms with Crippen LogP contribution in [-0.2, 0) is 10.2 Å². The molecule has 1 fully saturated rings. The number of rotatable bonds is 3. The highest BCUT2D eigenvalue weighted by Crippen LogP contribution is 2.32. The van der Waals surface area contributed by atoms with Crippen LogP contribution in [0.1, 0.15) is 61.0 Å². The second kappa shape index (κ2) is 7.47.